The number of carbonyl (C=O) groups excluding carboxylic acids is 1. The summed E-state index contributed by atoms with van der Waals surface area (Å²) in [6, 6.07) is 25.7. The second-order valence-corrected chi connectivity index (χ2v) is 8.93. The Morgan fingerprint density at radius 1 is 0.973 bits per heavy atom. The summed E-state index contributed by atoms with van der Waals surface area (Å²) >= 11 is 0. The normalized spacial score (nSPS) is 15.4. The van der Waals surface area contributed by atoms with E-state index in [1.54, 1.807) is 0 Å². The van der Waals surface area contributed by atoms with Gasteiger partial charge in [-0.2, -0.15) is 5.21 Å². The molecule has 1 aliphatic heterocycles. The third-order valence-corrected chi connectivity index (χ3v) is 6.37. The molecule has 1 amide bonds. The summed E-state index contributed by atoms with van der Waals surface area (Å²) in [5.74, 6) is 2.98. The predicted octanol–water partition coefficient (Wildman–Crippen LogP) is 3.55. The first-order chi connectivity index (χ1) is 18.2. The number of carbonyl (C=O) groups is 1. The lowest BCUT2D eigenvalue weighted by Crippen LogP contribution is -2.54. The van der Waals surface area contributed by atoms with E-state index in [0.717, 1.165) is 47.9 Å². The van der Waals surface area contributed by atoms with Crippen LogP contribution < -0.4 is 14.8 Å². The summed E-state index contributed by atoms with van der Waals surface area (Å²) in [6.45, 7) is 2.54. The standard InChI is InChI=1S/C28H30N6O3/c35-28(15-12-22-6-4-5-9-26(22)37-25-7-2-1-3-8-25)34-17-16-29-19-23(34)18-21-10-13-24(14-11-21)36-20-27-30-32-33-31-27/h1-11,13-14,23,29H,12,15-20H2,(H,30,31,32,33). The van der Waals surface area contributed by atoms with Crippen molar-refractivity contribution in [2.75, 3.05) is 19.6 Å². The maximum absolute atomic E-state index is 13.3. The van der Waals surface area contributed by atoms with Gasteiger partial charge in [0.05, 0.1) is 0 Å². The van der Waals surface area contributed by atoms with Gasteiger partial charge < -0.3 is 19.7 Å². The van der Waals surface area contributed by atoms with Gasteiger partial charge in [0.1, 0.15) is 17.2 Å². The van der Waals surface area contributed by atoms with Gasteiger partial charge in [-0.25, -0.2) is 0 Å². The highest BCUT2D eigenvalue weighted by molar-refractivity contribution is 5.77. The molecule has 2 N–H and O–H groups in total. The fraction of sp³-hybridized carbons (Fsp3) is 0.286. The smallest absolute Gasteiger partial charge is 0.223 e. The van der Waals surface area contributed by atoms with E-state index in [2.05, 4.69) is 25.9 Å². The van der Waals surface area contributed by atoms with Gasteiger partial charge in [0.2, 0.25) is 11.7 Å². The SMILES string of the molecule is O=C(CCc1ccccc1Oc1ccccc1)N1CCNCC1Cc1ccc(OCc2nn[nH]n2)cc1. The minimum absolute atomic E-state index is 0.100. The van der Waals surface area contributed by atoms with Gasteiger partial charge in [0.25, 0.3) is 0 Å². The van der Waals surface area contributed by atoms with Crippen LogP contribution >= 0.6 is 0 Å². The summed E-state index contributed by atoms with van der Waals surface area (Å²) in [6.07, 6.45) is 1.84. The molecule has 1 aliphatic rings. The van der Waals surface area contributed by atoms with Crippen molar-refractivity contribution in [1.29, 1.82) is 0 Å². The molecule has 0 bridgehead atoms. The van der Waals surface area contributed by atoms with E-state index < -0.39 is 0 Å². The number of rotatable bonds is 10. The van der Waals surface area contributed by atoms with Crippen LogP contribution in [0.4, 0.5) is 0 Å². The van der Waals surface area contributed by atoms with Crippen LogP contribution in [-0.4, -0.2) is 57.1 Å². The zero-order valence-corrected chi connectivity index (χ0v) is 20.5. The third-order valence-electron chi connectivity index (χ3n) is 6.37. The number of para-hydroxylation sites is 2. The first-order valence-corrected chi connectivity index (χ1v) is 12.5. The van der Waals surface area contributed by atoms with Gasteiger partial charge in [-0.15, -0.1) is 10.2 Å². The van der Waals surface area contributed by atoms with Gasteiger partial charge >= 0.3 is 0 Å². The minimum atomic E-state index is 0.100. The second-order valence-electron chi connectivity index (χ2n) is 8.93. The molecule has 1 saturated heterocycles. The van der Waals surface area contributed by atoms with Crippen LogP contribution in [0.25, 0.3) is 0 Å². The van der Waals surface area contributed by atoms with E-state index in [-0.39, 0.29) is 18.6 Å². The molecular weight excluding hydrogens is 468 g/mol. The largest absolute Gasteiger partial charge is 0.485 e. The van der Waals surface area contributed by atoms with Gasteiger partial charge in [-0.3, -0.25) is 4.79 Å². The first kappa shape index (κ1) is 24.5. The number of tetrazole rings is 1. The van der Waals surface area contributed by atoms with E-state index in [1.807, 2.05) is 83.8 Å². The fourth-order valence-corrected chi connectivity index (χ4v) is 4.47. The molecule has 9 nitrogen and oxygen atoms in total. The van der Waals surface area contributed by atoms with Crippen LogP contribution in [0.1, 0.15) is 23.4 Å². The Hall–Kier alpha value is -4.24. The number of amides is 1. The van der Waals surface area contributed by atoms with E-state index >= 15 is 0 Å². The molecule has 0 aliphatic carbocycles. The van der Waals surface area contributed by atoms with Crippen LogP contribution in [0.5, 0.6) is 17.2 Å². The van der Waals surface area contributed by atoms with E-state index in [1.165, 1.54) is 0 Å². The Balaban J connectivity index is 1.17. The van der Waals surface area contributed by atoms with Crippen molar-refractivity contribution in [3.63, 3.8) is 0 Å². The summed E-state index contributed by atoms with van der Waals surface area (Å²) in [5.41, 5.74) is 2.18. The summed E-state index contributed by atoms with van der Waals surface area (Å²) in [4.78, 5) is 15.3. The topological polar surface area (TPSA) is 105 Å². The zero-order chi connectivity index (χ0) is 25.3. The lowest BCUT2D eigenvalue weighted by molar-refractivity contribution is -0.134. The highest BCUT2D eigenvalue weighted by atomic mass is 16.5. The van der Waals surface area contributed by atoms with Gasteiger partial charge in [0, 0.05) is 32.1 Å². The number of nitrogens with zero attached hydrogens (tertiary/aromatic N) is 4. The minimum Gasteiger partial charge on any atom is -0.485 e. The number of aromatic nitrogens is 4. The molecule has 1 aromatic heterocycles. The highest BCUT2D eigenvalue weighted by Crippen LogP contribution is 2.26. The van der Waals surface area contributed by atoms with Gasteiger partial charge in [-0.1, -0.05) is 53.7 Å². The number of aryl methyl sites for hydroxylation is 1. The van der Waals surface area contributed by atoms with E-state index in [0.29, 0.717) is 25.2 Å². The molecule has 4 aromatic rings. The number of ether oxygens (including phenoxy) is 2. The molecule has 1 fully saturated rings. The number of benzene rings is 3. The number of piperazine rings is 1. The van der Waals surface area contributed by atoms with Crippen molar-refractivity contribution >= 4 is 5.91 Å². The number of hydrogen-bond acceptors (Lipinski definition) is 7. The molecule has 0 spiro atoms. The monoisotopic (exact) mass is 498 g/mol. The molecule has 9 heteroatoms. The summed E-state index contributed by atoms with van der Waals surface area (Å²) < 4.78 is 11.8. The number of aromatic amines is 1. The Kier molecular flexibility index (Phi) is 8.02. The molecule has 1 atom stereocenters. The Bertz CT molecular complexity index is 1260. The summed E-state index contributed by atoms with van der Waals surface area (Å²) in [5, 5.41) is 17.1. The van der Waals surface area contributed by atoms with Gasteiger partial charge in [-0.05, 0) is 54.3 Å². The maximum atomic E-state index is 13.3. The third kappa shape index (κ3) is 6.71. The lowest BCUT2D eigenvalue weighted by atomic mass is 10.0. The van der Waals surface area contributed by atoms with Crippen molar-refractivity contribution in [3.05, 3.63) is 95.8 Å². The molecule has 5 rings (SSSR count). The molecule has 0 saturated carbocycles. The van der Waals surface area contributed by atoms with Crippen LogP contribution in [0.2, 0.25) is 0 Å². The summed E-state index contributed by atoms with van der Waals surface area (Å²) in [7, 11) is 0. The Morgan fingerprint density at radius 3 is 2.59 bits per heavy atom. The first-order valence-electron chi connectivity index (χ1n) is 12.5. The molecule has 37 heavy (non-hydrogen) atoms. The lowest BCUT2D eigenvalue weighted by Gasteiger charge is -2.36. The van der Waals surface area contributed by atoms with Crippen LogP contribution in [0.3, 0.4) is 0 Å². The van der Waals surface area contributed by atoms with Crippen LogP contribution in [0, 0.1) is 0 Å². The van der Waals surface area contributed by atoms with Crippen molar-refractivity contribution < 1.29 is 14.3 Å². The molecule has 3 aromatic carbocycles. The predicted molar refractivity (Wildman–Crippen MR) is 138 cm³/mol. The highest BCUT2D eigenvalue weighted by Gasteiger charge is 2.26. The fourth-order valence-electron chi connectivity index (χ4n) is 4.47. The van der Waals surface area contributed by atoms with Crippen molar-refractivity contribution in [2.45, 2.75) is 31.9 Å². The maximum Gasteiger partial charge on any atom is 0.223 e. The van der Waals surface area contributed by atoms with Crippen molar-refractivity contribution in [1.82, 2.24) is 30.8 Å². The average molecular weight is 499 g/mol. The van der Waals surface area contributed by atoms with E-state index in [4.69, 9.17) is 9.47 Å². The van der Waals surface area contributed by atoms with Gasteiger partial charge in [0.15, 0.2) is 6.61 Å². The average Bonchev–Trinajstić information content (AvgIpc) is 3.47. The number of hydrogen-bond donors (Lipinski definition) is 2. The Labute approximate surface area is 215 Å². The second kappa shape index (κ2) is 12.1. The molecule has 0 radical (unpaired) electrons. The molecule has 190 valence electrons. The molecular formula is C28H30N6O3. The number of H-pyrrole nitrogens is 1. The molecule has 2 heterocycles. The van der Waals surface area contributed by atoms with Crippen LogP contribution in [0.15, 0.2) is 78.9 Å². The van der Waals surface area contributed by atoms with Crippen LogP contribution in [-0.2, 0) is 24.2 Å². The van der Waals surface area contributed by atoms with Crippen molar-refractivity contribution in [3.8, 4) is 17.2 Å². The zero-order valence-electron chi connectivity index (χ0n) is 20.5. The quantitative estimate of drug-likeness (QED) is 0.345. The number of nitrogens with one attached hydrogen (secondary N) is 2. The van der Waals surface area contributed by atoms with Crippen molar-refractivity contribution in [2.24, 2.45) is 0 Å². The van der Waals surface area contributed by atoms with E-state index in [9.17, 15) is 4.79 Å². The Morgan fingerprint density at radius 2 is 1.78 bits per heavy atom. The molecule has 1 unspecified atom stereocenters.